The second-order valence-electron chi connectivity index (χ2n) is 7.57. The van der Waals surface area contributed by atoms with Crippen molar-refractivity contribution in [2.75, 3.05) is 32.7 Å². The van der Waals surface area contributed by atoms with Gasteiger partial charge in [0.05, 0.1) is 16.6 Å². The van der Waals surface area contributed by atoms with Crippen LogP contribution in [0.1, 0.15) is 21.5 Å². The van der Waals surface area contributed by atoms with Gasteiger partial charge in [-0.25, -0.2) is 8.96 Å². The standard InChI is InChI=1S/C22H21FN4O.H3O4P.H2O/c23-18-6-4-16(5-7-18)8-9-26-10-12-27(13-11-26)22(28)20-3-1-2-19-17(14-24)15-25-21(19)20;1-5(2,3)4;/h1-7,15,25H,8-13H2;(H3,1,2,3,4);1H2. The van der Waals surface area contributed by atoms with Crippen LogP contribution >= 0.6 is 7.82 Å². The van der Waals surface area contributed by atoms with E-state index in [9.17, 15) is 14.4 Å². The molecule has 0 spiro atoms. The lowest BCUT2D eigenvalue weighted by Gasteiger charge is -2.34. The molecule has 10 nitrogen and oxygen atoms in total. The summed E-state index contributed by atoms with van der Waals surface area (Å²) in [6, 6.07) is 14.3. The molecule has 0 atom stereocenters. The van der Waals surface area contributed by atoms with Crippen LogP contribution in [0.3, 0.4) is 0 Å². The minimum atomic E-state index is -4.64. The molecule has 1 amide bonds. The molecular weight excluding hydrogens is 466 g/mol. The highest BCUT2D eigenvalue weighted by molar-refractivity contribution is 7.45. The Hall–Kier alpha value is -3.10. The second kappa shape index (κ2) is 11.9. The number of phosphoric acid groups is 1. The molecule has 0 saturated carbocycles. The predicted molar refractivity (Wildman–Crippen MR) is 123 cm³/mol. The van der Waals surface area contributed by atoms with E-state index in [-0.39, 0.29) is 17.2 Å². The van der Waals surface area contributed by atoms with Crippen molar-refractivity contribution in [3.05, 3.63) is 71.2 Å². The van der Waals surface area contributed by atoms with Crippen LogP contribution in [0.5, 0.6) is 0 Å². The number of nitrogens with one attached hydrogen (secondary N) is 1. The number of amides is 1. The summed E-state index contributed by atoms with van der Waals surface area (Å²) in [5, 5.41) is 9.97. The monoisotopic (exact) mass is 492 g/mol. The van der Waals surface area contributed by atoms with Crippen molar-refractivity contribution in [3.8, 4) is 6.07 Å². The van der Waals surface area contributed by atoms with E-state index < -0.39 is 7.82 Å². The number of H-pyrrole nitrogens is 1. The highest BCUT2D eigenvalue weighted by Crippen LogP contribution is 2.26. The smallest absolute Gasteiger partial charge is 0.412 e. The number of benzene rings is 2. The molecule has 3 aromatic rings. The topological polar surface area (TPSA) is 172 Å². The summed E-state index contributed by atoms with van der Waals surface area (Å²) >= 11 is 0. The number of nitrogens with zero attached hydrogens (tertiary/aromatic N) is 3. The van der Waals surface area contributed by atoms with E-state index in [1.807, 2.05) is 35.2 Å². The third-order valence-electron chi connectivity index (χ3n) is 5.36. The van der Waals surface area contributed by atoms with Crippen LogP contribution in [0.2, 0.25) is 0 Å². The zero-order valence-electron chi connectivity index (χ0n) is 18.2. The molecule has 1 fully saturated rings. The van der Waals surface area contributed by atoms with Crippen LogP contribution in [-0.4, -0.2) is 73.6 Å². The Bertz CT molecular complexity index is 1190. The van der Waals surface area contributed by atoms with Crippen LogP contribution < -0.4 is 0 Å². The molecule has 1 aromatic heterocycles. The Labute approximate surface area is 195 Å². The molecule has 6 N–H and O–H groups in total. The first-order valence-corrected chi connectivity index (χ1v) is 11.8. The fourth-order valence-corrected chi connectivity index (χ4v) is 3.71. The summed E-state index contributed by atoms with van der Waals surface area (Å²) in [4.78, 5) is 41.8. The molecule has 1 aliphatic rings. The molecule has 182 valence electrons. The number of fused-ring (bicyclic) bond motifs is 1. The number of carbonyl (C=O) groups excluding carboxylic acids is 1. The number of hydrogen-bond donors (Lipinski definition) is 4. The van der Waals surface area contributed by atoms with Crippen LogP contribution in [0.15, 0.2) is 48.7 Å². The molecule has 0 unspecified atom stereocenters. The molecular formula is C22H26FN4O6P. The lowest BCUT2D eigenvalue weighted by molar-refractivity contribution is 0.0640. The quantitative estimate of drug-likeness (QED) is 0.399. The van der Waals surface area contributed by atoms with E-state index in [0.717, 1.165) is 42.5 Å². The summed E-state index contributed by atoms with van der Waals surface area (Å²) in [6.07, 6.45) is 2.52. The fraction of sp³-hybridized carbons (Fsp3) is 0.273. The van der Waals surface area contributed by atoms with E-state index in [0.29, 0.717) is 24.2 Å². The van der Waals surface area contributed by atoms with Gasteiger partial charge in [-0.3, -0.25) is 9.69 Å². The molecule has 4 rings (SSSR count). The minimum absolute atomic E-state index is 0. The van der Waals surface area contributed by atoms with Crippen LogP contribution in [-0.2, 0) is 11.0 Å². The van der Waals surface area contributed by atoms with Gasteiger partial charge in [-0.05, 0) is 30.2 Å². The molecule has 2 heterocycles. The maximum Gasteiger partial charge on any atom is 0.466 e. The SMILES string of the molecule is N#Cc1c[nH]c2c(C(=O)N3CCN(CCc4ccc(F)cc4)CC3)cccc12.O.O=P(O)(O)O. The van der Waals surface area contributed by atoms with Crippen molar-refractivity contribution in [1.82, 2.24) is 14.8 Å². The molecule has 34 heavy (non-hydrogen) atoms. The van der Waals surface area contributed by atoms with Crippen molar-refractivity contribution >= 4 is 24.6 Å². The normalized spacial score (nSPS) is 14.0. The number of aromatic amines is 1. The largest absolute Gasteiger partial charge is 0.466 e. The van der Waals surface area contributed by atoms with Crippen LogP contribution in [0, 0.1) is 17.1 Å². The lowest BCUT2D eigenvalue weighted by Crippen LogP contribution is -2.49. The number of aromatic nitrogens is 1. The predicted octanol–water partition coefficient (Wildman–Crippen LogP) is 1.43. The molecule has 1 saturated heterocycles. The Morgan fingerprint density at radius 2 is 1.71 bits per heavy atom. The van der Waals surface area contributed by atoms with Gasteiger partial charge in [0, 0.05) is 44.3 Å². The number of piperazine rings is 1. The summed E-state index contributed by atoms with van der Waals surface area (Å²) in [5.41, 5.74) is 3.00. The van der Waals surface area contributed by atoms with E-state index in [4.69, 9.17) is 19.2 Å². The maximum atomic E-state index is 13.0. The Morgan fingerprint density at radius 1 is 1.09 bits per heavy atom. The fourth-order valence-electron chi connectivity index (χ4n) is 3.71. The van der Waals surface area contributed by atoms with Crippen molar-refractivity contribution in [1.29, 1.82) is 5.26 Å². The summed E-state index contributed by atoms with van der Waals surface area (Å²) in [5.74, 6) is -0.218. The lowest BCUT2D eigenvalue weighted by atomic mass is 10.1. The first kappa shape index (κ1) is 27.1. The van der Waals surface area contributed by atoms with Crippen LogP contribution in [0.25, 0.3) is 10.9 Å². The maximum absolute atomic E-state index is 13.0. The Morgan fingerprint density at radius 3 is 2.29 bits per heavy atom. The van der Waals surface area contributed by atoms with Crippen molar-refractivity contribution < 1.29 is 33.9 Å². The molecule has 1 aliphatic heterocycles. The Balaban J connectivity index is 0.000000619. The number of para-hydroxylation sites is 1. The molecule has 0 aliphatic carbocycles. The number of rotatable bonds is 4. The van der Waals surface area contributed by atoms with Crippen molar-refractivity contribution in [2.45, 2.75) is 6.42 Å². The minimum Gasteiger partial charge on any atom is -0.412 e. The van der Waals surface area contributed by atoms with E-state index in [1.54, 1.807) is 6.20 Å². The summed E-state index contributed by atoms with van der Waals surface area (Å²) < 4.78 is 21.9. The Kier molecular flexibility index (Phi) is 9.46. The van der Waals surface area contributed by atoms with Gasteiger partial charge in [-0.1, -0.05) is 24.3 Å². The van der Waals surface area contributed by atoms with Gasteiger partial charge in [-0.2, -0.15) is 5.26 Å². The zero-order chi connectivity index (χ0) is 24.0. The van der Waals surface area contributed by atoms with Gasteiger partial charge in [-0.15, -0.1) is 0 Å². The number of nitriles is 1. The van der Waals surface area contributed by atoms with Crippen molar-refractivity contribution in [2.24, 2.45) is 0 Å². The average molecular weight is 492 g/mol. The van der Waals surface area contributed by atoms with E-state index in [2.05, 4.69) is 16.0 Å². The van der Waals surface area contributed by atoms with Gasteiger partial charge < -0.3 is 30.0 Å². The molecule has 0 bridgehead atoms. The molecule has 2 aromatic carbocycles. The highest BCUT2D eigenvalue weighted by atomic mass is 31.2. The number of halogens is 1. The zero-order valence-corrected chi connectivity index (χ0v) is 19.1. The second-order valence-corrected chi connectivity index (χ2v) is 8.59. The third-order valence-corrected chi connectivity index (χ3v) is 5.36. The van der Waals surface area contributed by atoms with Gasteiger partial charge in [0.2, 0.25) is 0 Å². The molecule has 12 heteroatoms. The van der Waals surface area contributed by atoms with Gasteiger partial charge in [0.25, 0.3) is 5.91 Å². The summed E-state index contributed by atoms with van der Waals surface area (Å²) in [6.45, 7) is 3.87. The van der Waals surface area contributed by atoms with E-state index in [1.165, 1.54) is 12.1 Å². The van der Waals surface area contributed by atoms with Crippen molar-refractivity contribution in [3.63, 3.8) is 0 Å². The molecule has 0 radical (unpaired) electrons. The third kappa shape index (κ3) is 7.46. The summed E-state index contributed by atoms with van der Waals surface area (Å²) in [7, 11) is -4.64. The van der Waals surface area contributed by atoms with E-state index >= 15 is 0 Å². The average Bonchev–Trinajstić information content (AvgIpc) is 3.21. The van der Waals surface area contributed by atoms with Crippen LogP contribution in [0.4, 0.5) is 4.39 Å². The first-order valence-electron chi connectivity index (χ1n) is 10.2. The van der Waals surface area contributed by atoms with Gasteiger partial charge >= 0.3 is 7.82 Å². The number of hydrogen-bond acceptors (Lipinski definition) is 4. The highest BCUT2D eigenvalue weighted by Gasteiger charge is 2.24. The van der Waals surface area contributed by atoms with Gasteiger partial charge in [0.1, 0.15) is 11.9 Å². The number of carbonyl (C=O) groups is 1. The van der Waals surface area contributed by atoms with Gasteiger partial charge in [0.15, 0.2) is 0 Å². The first-order chi connectivity index (χ1) is 15.7.